The van der Waals surface area contributed by atoms with Crippen LogP contribution >= 0.6 is 0 Å². The molecule has 5 aromatic rings. The van der Waals surface area contributed by atoms with Gasteiger partial charge in [-0.3, -0.25) is 0 Å². The van der Waals surface area contributed by atoms with Crippen molar-refractivity contribution in [3.8, 4) is 5.69 Å². The van der Waals surface area contributed by atoms with Gasteiger partial charge in [0, 0.05) is 34.6 Å². The first-order valence-corrected chi connectivity index (χ1v) is 11.9. The van der Waals surface area contributed by atoms with Crippen LogP contribution in [0.2, 0.25) is 0 Å². The standard InChI is InChI=1S/C28H26F4N4O/c1-34(2)14-5-15-35-18-24(23-6-3-4-7-26(23)35)27(37,28(30,31)32)20-8-13-25-19(16-20)17-33-36(25)22-11-9-21(29)10-12-22/h3-4,6-13,16-18,37H,5,14-15H2,1-2H3. The highest BCUT2D eigenvalue weighted by Gasteiger charge is 2.57. The van der Waals surface area contributed by atoms with Gasteiger partial charge in [0.25, 0.3) is 0 Å². The van der Waals surface area contributed by atoms with Gasteiger partial charge in [-0.1, -0.05) is 24.3 Å². The number of fused-ring (bicyclic) bond motifs is 2. The van der Waals surface area contributed by atoms with Gasteiger partial charge in [0.2, 0.25) is 5.60 Å². The van der Waals surface area contributed by atoms with Crippen molar-refractivity contribution in [2.45, 2.75) is 24.7 Å². The van der Waals surface area contributed by atoms with Crippen molar-refractivity contribution in [1.29, 1.82) is 0 Å². The molecule has 0 amide bonds. The van der Waals surface area contributed by atoms with E-state index in [9.17, 15) is 22.7 Å². The van der Waals surface area contributed by atoms with Crippen molar-refractivity contribution >= 4 is 21.8 Å². The second-order valence-electron chi connectivity index (χ2n) is 9.42. The van der Waals surface area contributed by atoms with Crippen LogP contribution in [0.4, 0.5) is 17.6 Å². The van der Waals surface area contributed by atoms with Crippen LogP contribution in [0.3, 0.4) is 0 Å². The molecule has 192 valence electrons. The molecule has 5 nitrogen and oxygen atoms in total. The Morgan fingerprint density at radius 2 is 1.68 bits per heavy atom. The minimum atomic E-state index is -4.99. The SMILES string of the molecule is CN(C)CCCn1cc(C(O)(c2ccc3c(cnn3-c3ccc(F)cc3)c2)C(F)(F)F)c2ccccc21. The van der Waals surface area contributed by atoms with E-state index in [-0.39, 0.29) is 11.1 Å². The van der Waals surface area contributed by atoms with Crippen molar-refractivity contribution in [1.82, 2.24) is 19.2 Å². The number of rotatable bonds is 7. The molecule has 2 heterocycles. The van der Waals surface area contributed by atoms with Crippen LogP contribution in [0.25, 0.3) is 27.5 Å². The summed E-state index contributed by atoms with van der Waals surface area (Å²) in [6.45, 7) is 1.29. The molecule has 0 bridgehead atoms. The number of hydrogen-bond acceptors (Lipinski definition) is 3. The van der Waals surface area contributed by atoms with E-state index in [1.807, 2.05) is 19.0 Å². The number of aryl methyl sites for hydroxylation is 1. The molecule has 1 atom stereocenters. The first kappa shape index (κ1) is 25.0. The normalized spacial score (nSPS) is 14.1. The van der Waals surface area contributed by atoms with Crippen LogP contribution in [0.1, 0.15) is 17.5 Å². The topological polar surface area (TPSA) is 46.2 Å². The van der Waals surface area contributed by atoms with Gasteiger partial charge in [0.1, 0.15) is 5.82 Å². The summed E-state index contributed by atoms with van der Waals surface area (Å²) in [6, 6.07) is 16.5. The van der Waals surface area contributed by atoms with Crippen LogP contribution in [-0.2, 0) is 12.1 Å². The molecule has 0 saturated heterocycles. The molecule has 3 aromatic carbocycles. The summed E-state index contributed by atoms with van der Waals surface area (Å²) in [4.78, 5) is 2.01. The molecule has 1 unspecified atom stereocenters. The van der Waals surface area contributed by atoms with E-state index < -0.39 is 17.6 Å². The fourth-order valence-electron chi connectivity index (χ4n) is 4.80. The molecule has 1 N–H and O–H groups in total. The minimum Gasteiger partial charge on any atom is -0.372 e. The molecule has 0 fully saturated rings. The van der Waals surface area contributed by atoms with Gasteiger partial charge in [-0.05, 0) is 75.1 Å². The van der Waals surface area contributed by atoms with Crippen LogP contribution in [0.15, 0.2) is 79.1 Å². The average Bonchev–Trinajstić information content (AvgIpc) is 3.45. The lowest BCUT2D eigenvalue weighted by atomic mass is 9.85. The van der Waals surface area contributed by atoms with E-state index in [1.54, 1.807) is 28.8 Å². The molecule has 0 radical (unpaired) electrons. The van der Waals surface area contributed by atoms with Crippen LogP contribution in [0, 0.1) is 5.82 Å². The summed E-state index contributed by atoms with van der Waals surface area (Å²) in [7, 11) is 3.88. The maximum atomic E-state index is 14.8. The quantitative estimate of drug-likeness (QED) is 0.279. The fraction of sp³-hybridized carbons (Fsp3) is 0.250. The molecular formula is C28H26F4N4O. The number of aromatic nitrogens is 3. The Hall–Kier alpha value is -3.69. The third-order valence-electron chi connectivity index (χ3n) is 6.65. The molecule has 0 saturated carbocycles. The van der Waals surface area contributed by atoms with Crippen molar-refractivity contribution in [2.75, 3.05) is 20.6 Å². The maximum Gasteiger partial charge on any atom is 0.425 e. The van der Waals surface area contributed by atoms with Gasteiger partial charge in [0.15, 0.2) is 0 Å². The zero-order valence-electron chi connectivity index (χ0n) is 20.4. The average molecular weight is 511 g/mol. The van der Waals surface area contributed by atoms with Crippen molar-refractivity contribution in [3.63, 3.8) is 0 Å². The van der Waals surface area contributed by atoms with E-state index in [1.165, 1.54) is 59.5 Å². The molecule has 2 aromatic heterocycles. The Morgan fingerprint density at radius 1 is 0.946 bits per heavy atom. The van der Waals surface area contributed by atoms with E-state index >= 15 is 0 Å². The minimum absolute atomic E-state index is 0.217. The van der Waals surface area contributed by atoms with Crippen LogP contribution in [0.5, 0.6) is 0 Å². The number of hydrogen-bond donors (Lipinski definition) is 1. The van der Waals surface area contributed by atoms with Crippen LogP contribution in [-0.4, -0.2) is 51.2 Å². The second kappa shape index (κ2) is 9.32. The number of alkyl halides is 3. The Morgan fingerprint density at radius 3 is 2.38 bits per heavy atom. The summed E-state index contributed by atoms with van der Waals surface area (Å²) in [6.07, 6.45) is -1.40. The fourth-order valence-corrected chi connectivity index (χ4v) is 4.80. The smallest absolute Gasteiger partial charge is 0.372 e. The first-order chi connectivity index (χ1) is 17.6. The molecular weight excluding hydrogens is 484 g/mol. The number of halogens is 4. The van der Waals surface area contributed by atoms with Gasteiger partial charge in [-0.15, -0.1) is 0 Å². The third-order valence-corrected chi connectivity index (χ3v) is 6.65. The van der Waals surface area contributed by atoms with E-state index in [0.29, 0.717) is 34.0 Å². The predicted octanol–water partition coefficient (Wildman–Crippen LogP) is 5.87. The largest absolute Gasteiger partial charge is 0.425 e. The first-order valence-electron chi connectivity index (χ1n) is 11.9. The molecule has 0 aliphatic heterocycles. The summed E-state index contributed by atoms with van der Waals surface area (Å²) < 4.78 is 60.9. The number of nitrogens with zero attached hydrogens (tertiary/aromatic N) is 4. The molecule has 0 spiro atoms. The number of benzene rings is 3. The van der Waals surface area contributed by atoms with Crippen molar-refractivity contribution in [2.24, 2.45) is 0 Å². The molecule has 0 aliphatic carbocycles. The van der Waals surface area contributed by atoms with Gasteiger partial charge >= 0.3 is 6.18 Å². The molecule has 0 aliphatic rings. The van der Waals surface area contributed by atoms with Gasteiger partial charge < -0.3 is 14.6 Å². The predicted molar refractivity (Wildman–Crippen MR) is 135 cm³/mol. The Labute approximate surface area is 211 Å². The Balaban J connectivity index is 1.63. The van der Waals surface area contributed by atoms with E-state index in [0.717, 1.165) is 13.0 Å². The zero-order valence-corrected chi connectivity index (χ0v) is 20.4. The van der Waals surface area contributed by atoms with Crippen molar-refractivity contribution < 1.29 is 22.7 Å². The Bertz CT molecular complexity index is 1550. The molecule has 5 rings (SSSR count). The second-order valence-corrected chi connectivity index (χ2v) is 9.42. The van der Waals surface area contributed by atoms with Gasteiger partial charge in [-0.25, -0.2) is 9.07 Å². The van der Waals surface area contributed by atoms with Crippen molar-refractivity contribution in [3.05, 3.63) is 96.1 Å². The number of aliphatic hydroxyl groups is 1. The summed E-state index contributed by atoms with van der Waals surface area (Å²) in [5.41, 5.74) is -2.04. The highest BCUT2D eigenvalue weighted by atomic mass is 19.4. The lowest BCUT2D eigenvalue weighted by Crippen LogP contribution is -2.43. The maximum absolute atomic E-state index is 14.8. The van der Waals surface area contributed by atoms with E-state index in [2.05, 4.69) is 5.10 Å². The lowest BCUT2D eigenvalue weighted by molar-refractivity contribution is -0.247. The third kappa shape index (κ3) is 4.38. The Kier molecular flexibility index (Phi) is 6.29. The summed E-state index contributed by atoms with van der Waals surface area (Å²) in [5.74, 6) is -0.404. The summed E-state index contributed by atoms with van der Waals surface area (Å²) >= 11 is 0. The zero-order chi connectivity index (χ0) is 26.4. The van der Waals surface area contributed by atoms with Gasteiger partial charge in [-0.2, -0.15) is 18.3 Å². The number of para-hydroxylation sites is 1. The lowest BCUT2D eigenvalue weighted by Gasteiger charge is -2.31. The molecule has 9 heteroatoms. The highest BCUT2D eigenvalue weighted by molar-refractivity contribution is 5.87. The van der Waals surface area contributed by atoms with Gasteiger partial charge in [0.05, 0.1) is 17.4 Å². The monoisotopic (exact) mass is 510 g/mol. The highest BCUT2D eigenvalue weighted by Crippen LogP contribution is 2.47. The van der Waals surface area contributed by atoms with E-state index in [4.69, 9.17) is 0 Å². The van der Waals surface area contributed by atoms with Crippen LogP contribution < -0.4 is 0 Å². The summed E-state index contributed by atoms with van der Waals surface area (Å²) in [5, 5.41) is 16.6. The molecule has 37 heavy (non-hydrogen) atoms.